The summed E-state index contributed by atoms with van der Waals surface area (Å²) in [6.07, 6.45) is 0.498. The quantitative estimate of drug-likeness (QED) is 0.700. The fourth-order valence-corrected chi connectivity index (χ4v) is 2.53. The molecule has 1 atom stereocenters. The third-order valence-electron chi connectivity index (χ3n) is 3.57. The number of urea groups is 1. The van der Waals surface area contributed by atoms with Gasteiger partial charge in [0.1, 0.15) is 5.75 Å². The average molecular weight is 343 g/mol. The predicted octanol–water partition coefficient (Wildman–Crippen LogP) is 1.64. The molecule has 1 aliphatic rings. The van der Waals surface area contributed by atoms with Crippen LogP contribution in [0.4, 0.5) is 19.3 Å². The van der Waals surface area contributed by atoms with Crippen LogP contribution in [0.1, 0.15) is 12.8 Å². The van der Waals surface area contributed by atoms with Gasteiger partial charge in [-0.3, -0.25) is 4.79 Å². The number of anilines is 1. The van der Waals surface area contributed by atoms with Crippen molar-refractivity contribution in [1.29, 1.82) is 0 Å². The molecule has 24 heavy (non-hydrogen) atoms. The van der Waals surface area contributed by atoms with Crippen LogP contribution in [0.3, 0.4) is 0 Å². The summed E-state index contributed by atoms with van der Waals surface area (Å²) in [6, 6.07) is 5.90. The standard InChI is InChI=1S/C15H19F2N3O4/c16-14(17)24-12-4-2-1-3-11(12)20-8-6-10(9-20)19-15(23)18-7-5-13(21)22/h1-4,10,14H,5-9H2,(H,21,22)(H2,18,19,23). The van der Waals surface area contributed by atoms with Gasteiger partial charge in [0.25, 0.3) is 0 Å². The number of hydrogen-bond donors (Lipinski definition) is 3. The summed E-state index contributed by atoms with van der Waals surface area (Å²) in [5.41, 5.74) is 0.549. The number of rotatable bonds is 7. The topological polar surface area (TPSA) is 90.9 Å². The number of carboxylic acid groups (broad SMARTS) is 1. The van der Waals surface area contributed by atoms with E-state index in [4.69, 9.17) is 5.11 Å². The molecule has 1 fully saturated rings. The maximum Gasteiger partial charge on any atom is 0.387 e. The van der Waals surface area contributed by atoms with Gasteiger partial charge in [-0.1, -0.05) is 12.1 Å². The minimum atomic E-state index is -2.90. The molecule has 0 bridgehead atoms. The van der Waals surface area contributed by atoms with Crippen LogP contribution in [0.25, 0.3) is 0 Å². The first kappa shape index (κ1) is 17.8. The highest BCUT2D eigenvalue weighted by atomic mass is 19.3. The number of carboxylic acids is 1. The van der Waals surface area contributed by atoms with E-state index in [1.165, 1.54) is 6.07 Å². The first-order valence-electron chi connectivity index (χ1n) is 7.50. The first-order chi connectivity index (χ1) is 11.5. The van der Waals surface area contributed by atoms with Gasteiger partial charge in [-0.2, -0.15) is 8.78 Å². The maximum atomic E-state index is 12.5. The second-order valence-electron chi connectivity index (χ2n) is 5.32. The van der Waals surface area contributed by atoms with Crippen LogP contribution in [-0.4, -0.2) is 49.4 Å². The SMILES string of the molecule is O=C(O)CCNC(=O)NC1CCN(c2ccccc2OC(F)F)C1. The summed E-state index contributed by atoms with van der Waals surface area (Å²) in [7, 11) is 0. The van der Waals surface area contributed by atoms with Crippen LogP contribution in [-0.2, 0) is 4.79 Å². The van der Waals surface area contributed by atoms with Crippen LogP contribution in [0.15, 0.2) is 24.3 Å². The van der Waals surface area contributed by atoms with Crippen LogP contribution >= 0.6 is 0 Å². The van der Waals surface area contributed by atoms with Gasteiger partial charge in [0.05, 0.1) is 12.1 Å². The molecule has 1 aliphatic heterocycles. The van der Waals surface area contributed by atoms with E-state index in [-0.39, 0.29) is 24.8 Å². The predicted molar refractivity (Wildman–Crippen MR) is 82.5 cm³/mol. The number of nitrogens with one attached hydrogen (secondary N) is 2. The van der Waals surface area contributed by atoms with Crippen molar-refractivity contribution in [1.82, 2.24) is 10.6 Å². The van der Waals surface area contributed by atoms with Gasteiger partial charge in [-0.25, -0.2) is 4.79 Å². The van der Waals surface area contributed by atoms with Gasteiger partial charge < -0.3 is 25.4 Å². The van der Waals surface area contributed by atoms with Crippen molar-refractivity contribution < 1.29 is 28.2 Å². The number of nitrogens with zero attached hydrogens (tertiary/aromatic N) is 1. The Morgan fingerprint density at radius 3 is 2.83 bits per heavy atom. The molecular formula is C15H19F2N3O4. The Morgan fingerprint density at radius 2 is 2.12 bits per heavy atom. The van der Waals surface area contributed by atoms with Crippen LogP contribution in [0, 0.1) is 0 Å². The zero-order valence-electron chi connectivity index (χ0n) is 12.9. The molecule has 1 aromatic rings. The summed E-state index contributed by atoms with van der Waals surface area (Å²) in [5.74, 6) is -0.892. The number of carbonyl (C=O) groups excluding carboxylic acids is 1. The second kappa shape index (κ2) is 8.32. The van der Waals surface area contributed by atoms with Gasteiger partial charge >= 0.3 is 18.6 Å². The Bertz CT molecular complexity index is 586. The molecule has 7 nitrogen and oxygen atoms in total. The molecule has 9 heteroatoms. The first-order valence-corrected chi connectivity index (χ1v) is 7.50. The fraction of sp³-hybridized carbons (Fsp3) is 0.467. The summed E-state index contributed by atoms with van der Waals surface area (Å²) in [6.45, 7) is -1.81. The molecule has 0 spiro atoms. The van der Waals surface area contributed by atoms with Crippen molar-refractivity contribution in [2.45, 2.75) is 25.5 Å². The van der Waals surface area contributed by atoms with Gasteiger partial charge in [-0.05, 0) is 18.6 Å². The van der Waals surface area contributed by atoms with Gasteiger partial charge in [0, 0.05) is 25.7 Å². The number of benzene rings is 1. The lowest BCUT2D eigenvalue weighted by Crippen LogP contribution is -2.43. The van der Waals surface area contributed by atoms with Crippen molar-refractivity contribution >= 4 is 17.7 Å². The van der Waals surface area contributed by atoms with E-state index in [0.717, 1.165) is 0 Å². The molecule has 0 radical (unpaired) electrons. The smallest absolute Gasteiger partial charge is 0.387 e. The number of para-hydroxylation sites is 2. The fourth-order valence-electron chi connectivity index (χ4n) is 2.53. The number of carbonyl (C=O) groups is 2. The summed E-state index contributed by atoms with van der Waals surface area (Å²) < 4.78 is 29.4. The minimum absolute atomic E-state index is 0.0443. The number of aliphatic carboxylic acids is 1. The number of hydrogen-bond acceptors (Lipinski definition) is 4. The lowest BCUT2D eigenvalue weighted by molar-refractivity contribution is -0.136. The summed E-state index contributed by atoms with van der Waals surface area (Å²) >= 11 is 0. The third-order valence-corrected chi connectivity index (χ3v) is 3.57. The molecule has 1 unspecified atom stereocenters. The Morgan fingerprint density at radius 1 is 1.38 bits per heavy atom. The van der Waals surface area contributed by atoms with Crippen LogP contribution in [0.2, 0.25) is 0 Å². The van der Waals surface area contributed by atoms with E-state index in [1.807, 2.05) is 4.90 Å². The van der Waals surface area contributed by atoms with E-state index in [2.05, 4.69) is 15.4 Å². The highest BCUT2D eigenvalue weighted by Gasteiger charge is 2.26. The van der Waals surface area contributed by atoms with E-state index in [1.54, 1.807) is 18.2 Å². The van der Waals surface area contributed by atoms with Crippen LogP contribution in [0.5, 0.6) is 5.75 Å². The Balaban J connectivity index is 1.87. The highest BCUT2D eigenvalue weighted by Crippen LogP contribution is 2.31. The molecule has 1 heterocycles. The lowest BCUT2D eigenvalue weighted by atomic mass is 10.2. The molecule has 0 saturated carbocycles. The number of alkyl halides is 2. The molecular weight excluding hydrogens is 324 g/mol. The highest BCUT2D eigenvalue weighted by molar-refractivity contribution is 5.75. The summed E-state index contributed by atoms with van der Waals surface area (Å²) in [4.78, 5) is 23.9. The molecule has 0 aliphatic carbocycles. The normalized spacial score (nSPS) is 17.0. The van der Waals surface area contributed by atoms with Crippen molar-refractivity contribution in [3.63, 3.8) is 0 Å². The molecule has 1 aromatic carbocycles. The van der Waals surface area contributed by atoms with Crippen LogP contribution < -0.4 is 20.3 Å². The van der Waals surface area contributed by atoms with E-state index in [9.17, 15) is 18.4 Å². The monoisotopic (exact) mass is 343 g/mol. The molecule has 0 aromatic heterocycles. The number of halogens is 2. The van der Waals surface area contributed by atoms with E-state index < -0.39 is 18.6 Å². The third kappa shape index (κ3) is 5.25. The minimum Gasteiger partial charge on any atom is -0.481 e. The Hall–Kier alpha value is -2.58. The average Bonchev–Trinajstić information content (AvgIpc) is 2.95. The maximum absolute atomic E-state index is 12.5. The van der Waals surface area contributed by atoms with Crippen molar-refractivity contribution in [2.24, 2.45) is 0 Å². The van der Waals surface area contributed by atoms with Crippen molar-refractivity contribution in [2.75, 3.05) is 24.5 Å². The largest absolute Gasteiger partial charge is 0.481 e. The van der Waals surface area contributed by atoms with E-state index >= 15 is 0 Å². The molecule has 2 rings (SSSR count). The number of amides is 2. The molecule has 132 valence electrons. The zero-order valence-corrected chi connectivity index (χ0v) is 12.9. The lowest BCUT2D eigenvalue weighted by Gasteiger charge is -2.22. The Kier molecular flexibility index (Phi) is 6.16. The van der Waals surface area contributed by atoms with E-state index in [0.29, 0.717) is 25.2 Å². The van der Waals surface area contributed by atoms with Gasteiger partial charge in [-0.15, -0.1) is 0 Å². The molecule has 3 N–H and O–H groups in total. The van der Waals surface area contributed by atoms with Gasteiger partial charge in [0.2, 0.25) is 0 Å². The molecule has 2 amide bonds. The van der Waals surface area contributed by atoms with Crippen molar-refractivity contribution in [3.8, 4) is 5.75 Å². The number of ether oxygens (including phenoxy) is 1. The van der Waals surface area contributed by atoms with Crippen molar-refractivity contribution in [3.05, 3.63) is 24.3 Å². The Labute approximate surface area is 137 Å². The molecule has 1 saturated heterocycles. The summed E-state index contributed by atoms with van der Waals surface area (Å²) in [5, 5.41) is 13.7. The second-order valence-corrected chi connectivity index (χ2v) is 5.32. The zero-order chi connectivity index (χ0) is 17.5. The van der Waals surface area contributed by atoms with Gasteiger partial charge in [0.15, 0.2) is 0 Å².